The molecule has 0 unspecified atom stereocenters. The lowest BCUT2D eigenvalue weighted by atomic mass is 9.33. The van der Waals surface area contributed by atoms with E-state index in [0.29, 0.717) is 12.3 Å². The summed E-state index contributed by atoms with van der Waals surface area (Å²) in [5.41, 5.74) is 1.02. The lowest BCUT2D eigenvalue weighted by Crippen LogP contribution is -2.65. The molecule has 5 aliphatic rings. The third-order valence-corrected chi connectivity index (χ3v) is 13.1. The molecule has 4 saturated carbocycles. The molecule has 0 aliphatic heterocycles. The van der Waals surface area contributed by atoms with Crippen molar-refractivity contribution in [3.05, 3.63) is 11.6 Å². The lowest BCUT2D eigenvalue weighted by molar-refractivity contribution is -0.195. The van der Waals surface area contributed by atoms with Crippen molar-refractivity contribution in [1.29, 1.82) is 0 Å². The van der Waals surface area contributed by atoms with E-state index in [0.717, 1.165) is 57.8 Å². The Morgan fingerprint density at radius 1 is 1.00 bits per heavy atom. The van der Waals surface area contributed by atoms with E-state index >= 15 is 0 Å². The molecule has 35 heavy (non-hydrogen) atoms. The van der Waals surface area contributed by atoms with Crippen molar-refractivity contribution >= 4 is 11.8 Å². The van der Waals surface area contributed by atoms with Crippen LogP contribution in [-0.2, 0) is 14.3 Å². The van der Waals surface area contributed by atoms with Crippen LogP contribution in [0.1, 0.15) is 106 Å². The number of aliphatic hydroxyl groups is 1. The zero-order valence-corrected chi connectivity index (χ0v) is 23.3. The maximum absolute atomic E-state index is 13.3. The van der Waals surface area contributed by atoms with Crippen molar-refractivity contribution in [1.82, 2.24) is 0 Å². The van der Waals surface area contributed by atoms with Crippen molar-refractivity contribution in [2.45, 2.75) is 106 Å². The first-order valence-electron chi connectivity index (χ1n) is 14.2. The van der Waals surface area contributed by atoms with Gasteiger partial charge in [0.05, 0.1) is 24.5 Å². The Morgan fingerprint density at radius 3 is 2.34 bits per heavy atom. The second kappa shape index (κ2) is 7.68. The number of Topliss-reactive ketones (excluding diaryl/α,β-unsaturated/α-hetero) is 1. The monoisotopic (exact) mass is 484 g/mol. The van der Waals surface area contributed by atoms with Crippen LogP contribution in [0.2, 0.25) is 0 Å². The molecule has 4 fully saturated rings. The number of esters is 1. The summed E-state index contributed by atoms with van der Waals surface area (Å²) in [6, 6.07) is 0. The number of aliphatic hydroxyl groups excluding tert-OH is 1. The Kier molecular flexibility index (Phi) is 5.59. The third kappa shape index (κ3) is 3.07. The third-order valence-electron chi connectivity index (χ3n) is 13.1. The van der Waals surface area contributed by atoms with Crippen molar-refractivity contribution in [2.24, 2.45) is 50.2 Å². The second-order valence-corrected chi connectivity index (χ2v) is 14.9. The molecule has 0 spiro atoms. The van der Waals surface area contributed by atoms with Gasteiger partial charge in [-0.15, -0.1) is 0 Å². The highest BCUT2D eigenvalue weighted by Crippen LogP contribution is 2.75. The van der Waals surface area contributed by atoms with E-state index in [4.69, 9.17) is 4.74 Å². The zero-order chi connectivity index (χ0) is 25.7. The van der Waals surface area contributed by atoms with Gasteiger partial charge >= 0.3 is 5.97 Å². The van der Waals surface area contributed by atoms with Gasteiger partial charge in [-0.1, -0.05) is 53.2 Å². The van der Waals surface area contributed by atoms with Gasteiger partial charge in [0.25, 0.3) is 0 Å². The van der Waals surface area contributed by atoms with Gasteiger partial charge in [-0.25, -0.2) is 0 Å². The minimum absolute atomic E-state index is 0.00778. The first-order valence-corrected chi connectivity index (χ1v) is 14.2. The normalized spacial score (nSPS) is 50.7. The lowest BCUT2D eigenvalue weighted by Gasteiger charge is -2.70. The average Bonchev–Trinajstić information content (AvgIpc) is 2.81. The first-order chi connectivity index (χ1) is 16.2. The molecular formula is C31H48O4. The van der Waals surface area contributed by atoms with E-state index in [2.05, 4.69) is 40.7 Å². The van der Waals surface area contributed by atoms with Gasteiger partial charge in [-0.05, 0) is 97.2 Å². The van der Waals surface area contributed by atoms with Crippen LogP contribution in [0.15, 0.2) is 11.6 Å². The number of ketones is 1. The minimum atomic E-state index is -0.612. The zero-order valence-electron chi connectivity index (χ0n) is 23.3. The molecule has 1 N–H and O–H groups in total. The Balaban J connectivity index is 1.60. The number of fused-ring (bicyclic) bond motifs is 7. The molecule has 0 heterocycles. The van der Waals surface area contributed by atoms with Crippen LogP contribution in [0.5, 0.6) is 0 Å². The van der Waals surface area contributed by atoms with Gasteiger partial charge in [0.1, 0.15) is 5.78 Å². The molecule has 196 valence electrons. The average molecular weight is 485 g/mol. The molecule has 4 heteroatoms. The Hall–Kier alpha value is -1.16. The van der Waals surface area contributed by atoms with Crippen molar-refractivity contribution in [3.8, 4) is 0 Å². The summed E-state index contributed by atoms with van der Waals surface area (Å²) in [6.07, 6.45) is 12.2. The van der Waals surface area contributed by atoms with E-state index in [1.165, 1.54) is 0 Å². The fraction of sp³-hybridized carbons (Fsp3) is 0.871. The maximum Gasteiger partial charge on any atom is 0.312 e. The Labute approximate surface area is 212 Å². The van der Waals surface area contributed by atoms with Crippen LogP contribution >= 0.6 is 0 Å². The smallest absolute Gasteiger partial charge is 0.312 e. The summed E-state index contributed by atoms with van der Waals surface area (Å²) in [4.78, 5) is 26.4. The number of allylic oxidation sites excluding steroid dienone is 2. The van der Waals surface area contributed by atoms with Crippen LogP contribution in [-0.4, -0.2) is 30.6 Å². The quantitative estimate of drug-likeness (QED) is 0.359. The summed E-state index contributed by atoms with van der Waals surface area (Å²) >= 11 is 0. The highest BCUT2D eigenvalue weighted by Gasteiger charge is 2.69. The topological polar surface area (TPSA) is 63.6 Å². The van der Waals surface area contributed by atoms with E-state index in [9.17, 15) is 14.7 Å². The molecule has 0 radical (unpaired) electrons. The van der Waals surface area contributed by atoms with Crippen LogP contribution in [0.4, 0.5) is 0 Å². The molecular weight excluding hydrogens is 436 g/mol. The molecule has 8 atom stereocenters. The highest BCUT2D eigenvalue weighted by atomic mass is 16.5. The number of carbonyl (C=O) groups is 2. The Morgan fingerprint density at radius 2 is 1.69 bits per heavy atom. The highest BCUT2D eigenvalue weighted by molar-refractivity contribution is 5.86. The predicted octanol–water partition coefficient (Wildman–Crippen LogP) is 6.50. The van der Waals surface area contributed by atoms with Crippen LogP contribution in [0.3, 0.4) is 0 Å². The van der Waals surface area contributed by atoms with Crippen molar-refractivity contribution in [2.75, 3.05) is 13.7 Å². The summed E-state index contributed by atoms with van der Waals surface area (Å²) in [5, 5.41) is 10.4. The standard InChI is InChI=1S/C31H48O4/c1-26(2)14-16-31(25(34)35-7)17-15-29(5)20(21(31)18-26)8-9-23-27(3)12-11-24(33)28(4,19-32)22(27)10-13-30(23,29)6/h8,21-23,32H,9-19H2,1-7H3/t21-,22+,23+,27-,28+,29+,30+,31-/m0/s1. The van der Waals surface area contributed by atoms with E-state index in [1.807, 2.05) is 6.92 Å². The summed E-state index contributed by atoms with van der Waals surface area (Å²) in [5.74, 6) is 1.26. The summed E-state index contributed by atoms with van der Waals surface area (Å²) in [6.45, 7) is 14.2. The first kappa shape index (κ1) is 25.5. The van der Waals surface area contributed by atoms with Gasteiger partial charge in [-0.3, -0.25) is 9.59 Å². The number of ether oxygens (including phenoxy) is 1. The molecule has 5 aliphatic carbocycles. The fourth-order valence-electron chi connectivity index (χ4n) is 10.6. The summed E-state index contributed by atoms with van der Waals surface area (Å²) < 4.78 is 5.47. The van der Waals surface area contributed by atoms with Gasteiger partial charge in [0, 0.05) is 6.42 Å². The van der Waals surface area contributed by atoms with E-state index in [-0.39, 0.29) is 57.3 Å². The van der Waals surface area contributed by atoms with Gasteiger partial charge in [0.2, 0.25) is 0 Å². The Bertz CT molecular complexity index is 965. The number of hydrogen-bond donors (Lipinski definition) is 1. The van der Waals surface area contributed by atoms with Crippen LogP contribution < -0.4 is 0 Å². The van der Waals surface area contributed by atoms with E-state index in [1.54, 1.807) is 12.7 Å². The van der Waals surface area contributed by atoms with Crippen molar-refractivity contribution < 1.29 is 19.4 Å². The number of carbonyl (C=O) groups excluding carboxylic acids is 2. The van der Waals surface area contributed by atoms with E-state index < -0.39 is 5.41 Å². The van der Waals surface area contributed by atoms with Crippen LogP contribution in [0, 0.1) is 50.2 Å². The fourth-order valence-corrected chi connectivity index (χ4v) is 10.6. The predicted molar refractivity (Wildman–Crippen MR) is 137 cm³/mol. The SMILES string of the molecule is COC(=O)[C@]12CCC(C)(C)C[C@H]1C1=CC[C@@H]3[C@@]4(C)CCC(=O)[C@](C)(CO)[C@@H]4CC[C@@]3(C)[C@]1(C)CC2. The molecule has 0 saturated heterocycles. The van der Waals surface area contributed by atoms with Gasteiger partial charge < -0.3 is 9.84 Å². The number of hydrogen-bond acceptors (Lipinski definition) is 4. The van der Waals surface area contributed by atoms with Crippen molar-refractivity contribution in [3.63, 3.8) is 0 Å². The molecule has 0 aromatic carbocycles. The molecule has 4 nitrogen and oxygen atoms in total. The number of methoxy groups -OCH3 is 1. The molecule has 0 aromatic heterocycles. The maximum atomic E-state index is 13.3. The van der Waals surface area contributed by atoms with Crippen LogP contribution in [0.25, 0.3) is 0 Å². The van der Waals surface area contributed by atoms with Gasteiger partial charge in [-0.2, -0.15) is 0 Å². The summed E-state index contributed by atoms with van der Waals surface area (Å²) in [7, 11) is 1.57. The minimum Gasteiger partial charge on any atom is -0.469 e. The second-order valence-electron chi connectivity index (χ2n) is 14.9. The molecule has 5 rings (SSSR count). The molecule has 0 bridgehead atoms. The van der Waals surface area contributed by atoms with Gasteiger partial charge in [0.15, 0.2) is 0 Å². The largest absolute Gasteiger partial charge is 0.469 e. The molecule has 0 amide bonds. The molecule has 0 aromatic rings. The number of rotatable bonds is 2.